The van der Waals surface area contributed by atoms with Gasteiger partial charge in [0.2, 0.25) is 0 Å². The van der Waals surface area contributed by atoms with Crippen molar-refractivity contribution in [2.45, 2.75) is 26.7 Å². The summed E-state index contributed by atoms with van der Waals surface area (Å²) < 4.78 is 0. The van der Waals surface area contributed by atoms with Crippen molar-refractivity contribution >= 4 is 57.5 Å². The second-order valence-corrected chi connectivity index (χ2v) is 11.4. The zero-order chi connectivity index (χ0) is 31.5. The predicted octanol–water partition coefficient (Wildman–Crippen LogP) is 10.5. The van der Waals surface area contributed by atoms with Gasteiger partial charge in [0.15, 0.2) is 0 Å². The van der Waals surface area contributed by atoms with Crippen LogP contribution in [0.15, 0.2) is 147 Å². The Kier molecular flexibility index (Phi) is 8.55. The molecule has 0 bridgehead atoms. The van der Waals surface area contributed by atoms with E-state index in [1.54, 1.807) is 12.2 Å². The van der Waals surface area contributed by atoms with Gasteiger partial charge in [-0.05, 0) is 99.6 Å². The van der Waals surface area contributed by atoms with Crippen LogP contribution in [-0.4, -0.2) is 0 Å². The molecule has 5 aromatic carbocycles. The molecule has 0 aliphatic heterocycles. The molecule has 0 aromatic heterocycles. The minimum atomic E-state index is 0.443. The maximum atomic E-state index is 4.59. The molecule has 0 amide bonds. The molecule has 0 radical (unpaired) electrons. The molecule has 5 aromatic rings. The number of aryl methyl sites for hydroxylation is 1. The molecule has 44 heavy (non-hydrogen) atoms. The van der Waals surface area contributed by atoms with Crippen LogP contribution in [0.3, 0.4) is 0 Å². The first kappa shape index (κ1) is 30.1. The standard InChI is InChI=1S/C42H40N2/c1-10-15-34(12-3)44(36-22-18-29(6)19-23-36)42-26-39-31(8)32(9)41(27-40(39)37-16-13-14-17-38(37)42)43(30(7)11-2)35-24-20-33(21-25-35)28(4)5/h10-28H,1-3,7-9H2,4-6H3/b34-15+. The molecule has 2 nitrogen and oxygen atoms in total. The van der Waals surface area contributed by atoms with E-state index in [0.29, 0.717) is 5.92 Å². The highest BCUT2D eigenvalue weighted by Crippen LogP contribution is 2.40. The molecule has 218 valence electrons. The van der Waals surface area contributed by atoms with Crippen LogP contribution in [0.2, 0.25) is 0 Å². The van der Waals surface area contributed by atoms with Crippen molar-refractivity contribution in [3.8, 4) is 0 Å². The number of rotatable bonds is 10. The predicted molar refractivity (Wildman–Crippen MR) is 196 cm³/mol. The van der Waals surface area contributed by atoms with Gasteiger partial charge < -0.3 is 9.80 Å². The first-order valence-corrected chi connectivity index (χ1v) is 14.9. The Hall–Kier alpha value is -5.34. The fourth-order valence-electron chi connectivity index (χ4n) is 5.74. The monoisotopic (exact) mass is 572 g/mol. The fourth-order valence-corrected chi connectivity index (χ4v) is 5.74. The molecule has 0 saturated heterocycles. The molecule has 0 aliphatic rings. The van der Waals surface area contributed by atoms with Crippen molar-refractivity contribution in [3.05, 3.63) is 169 Å². The third-order valence-electron chi connectivity index (χ3n) is 8.21. The van der Waals surface area contributed by atoms with Gasteiger partial charge in [0.05, 0.1) is 11.4 Å². The Morgan fingerprint density at radius 3 is 1.84 bits per heavy atom. The Morgan fingerprint density at radius 1 is 0.659 bits per heavy atom. The van der Waals surface area contributed by atoms with E-state index in [1.165, 1.54) is 11.1 Å². The minimum absolute atomic E-state index is 0.443. The third-order valence-corrected chi connectivity index (χ3v) is 8.21. The fraction of sp³-hybridized carbons (Fsp3) is 0.0952. The molecule has 0 saturated carbocycles. The van der Waals surface area contributed by atoms with Crippen molar-refractivity contribution in [2.24, 2.45) is 0 Å². The van der Waals surface area contributed by atoms with Gasteiger partial charge >= 0.3 is 0 Å². The summed E-state index contributed by atoms with van der Waals surface area (Å²) in [5.41, 5.74) is 8.15. The van der Waals surface area contributed by atoms with Crippen molar-refractivity contribution in [1.29, 1.82) is 0 Å². The number of benzene rings is 5. The van der Waals surface area contributed by atoms with E-state index in [1.807, 2.05) is 12.2 Å². The van der Waals surface area contributed by atoms with Crippen LogP contribution in [-0.2, 0) is 0 Å². The minimum Gasteiger partial charge on any atom is -0.310 e. The van der Waals surface area contributed by atoms with E-state index in [9.17, 15) is 0 Å². The molecule has 0 N–H and O–H groups in total. The van der Waals surface area contributed by atoms with Crippen molar-refractivity contribution in [3.63, 3.8) is 0 Å². The molecule has 0 aliphatic carbocycles. The van der Waals surface area contributed by atoms with E-state index >= 15 is 0 Å². The number of hydrogen-bond acceptors (Lipinski definition) is 2. The van der Waals surface area contributed by atoms with E-state index < -0.39 is 0 Å². The first-order valence-electron chi connectivity index (χ1n) is 14.9. The molecule has 0 heterocycles. The van der Waals surface area contributed by atoms with Gasteiger partial charge in [-0.2, -0.15) is 0 Å². The van der Waals surface area contributed by atoms with Gasteiger partial charge in [0, 0.05) is 28.2 Å². The molecule has 0 atom stereocenters. The highest BCUT2D eigenvalue weighted by molar-refractivity contribution is 6.15. The van der Waals surface area contributed by atoms with Gasteiger partial charge in [-0.25, -0.2) is 0 Å². The van der Waals surface area contributed by atoms with Crippen LogP contribution < -0.4 is 20.2 Å². The van der Waals surface area contributed by atoms with E-state index in [4.69, 9.17) is 0 Å². The average Bonchev–Trinajstić information content (AvgIpc) is 3.04. The molecule has 0 spiro atoms. The highest BCUT2D eigenvalue weighted by Gasteiger charge is 2.20. The Labute approximate surface area is 261 Å². The van der Waals surface area contributed by atoms with E-state index in [2.05, 4.69) is 155 Å². The van der Waals surface area contributed by atoms with E-state index in [0.717, 1.165) is 66.1 Å². The Bertz CT molecular complexity index is 2040. The zero-order valence-electron chi connectivity index (χ0n) is 26.1. The summed E-state index contributed by atoms with van der Waals surface area (Å²) in [6.45, 7) is 32.1. The van der Waals surface area contributed by atoms with Crippen LogP contribution in [0.1, 0.15) is 30.9 Å². The number of nitrogens with zero attached hydrogens (tertiary/aromatic N) is 2. The summed E-state index contributed by atoms with van der Waals surface area (Å²) in [6.07, 6.45) is 7.43. The average molecular weight is 573 g/mol. The van der Waals surface area contributed by atoms with Crippen LogP contribution >= 0.6 is 0 Å². The number of anilines is 4. The van der Waals surface area contributed by atoms with Crippen LogP contribution in [0.5, 0.6) is 0 Å². The quantitative estimate of drug-likeness (QED) is 0.121. The molecule has 0 unspecified atom stereocenters. The zero-order valence-corrected chi connectivity index (χ0v) is 26.1. The third kappa shape index (κ3) is 5.43. The number of hydrogen-bond donors (Lipinski definition) is 0. The van der Waals surface area contributed by atoms with Crippen molar-refractivity contribution in [1.82, 2.24) is 0 Å². The smallest absolute Gasteiger partial charge is 0.0546 e. The lowest BCUT2D eigenvalue weighted by atomic mass is 9.95. The lowest BCUT2D eigenvalue weighted by molar-refractivity contribution is 0.866. The maximum Gasteiger partial charge on any atom is 0.0546 e. The summed E-state index contributed by atoms with van der Waals surface area (Å²) in [6, 6.07) is 30.1. The van der Waals surface area contributed by atoms with Crippen LogP contribution in [0, 0.1) is 6.92 Å². The Morgan fingerprint density at radius 2 is 1.25 bits per heavy atom. The Balaban J connectivity index is 1.84. The lowest BCUT2D eigenvalue weighted by Crippen LogP contribution is -2.31. The normalized spacial score (nSPS) is 11.5. The molecule has 5 rings (SSSR count). The maximum absolute atomic E-state index is 4.59. The molecule has 0 fully saturated rings. The molecular weight excluding hydrogens is 532 g/mol. The van der Waals surface area contributed by atoms with Crippen molar-refractivity contribution in [2.75, 3.05) is 9.80 Å². The SMILES string of the molecule is C=C/C=C(\C=C)N(c1ccc(C)cc1)c1cc2c(=C)c(=C)c(N(C(=C)C=C)c3ccc(C(C)C)cc3)cc2c2ccccc12. The summed E-state index contributed by atoms with van der Waals surface area (Å²) >= 11 is 0. The summed E-state index contributed by atoms with van der Waals surface area (Å²) in [7, 11) is 0. The molecular formula is C42H40N2. The van der Waals surface area contributed by atoms with Crippen molar-refractivity contribution < 1.29 is 0 Å². The summed E-state index contributed by atoms with van der Waals surface area (Å²) in [5.74, 6) is 0.443. The van der Waals surface area contributed by atoms with Gasteiger partial charge in [-0.15, -0.1) is 0 Å². The first-order chi connectivity index (χ1) is 21.2. The number of fused-ring (bicyclic) bond motifs is 3. The lowest BCUT2D eigenvalue weighted by Gasteiger charge is -2.29. The van der Waals surface area contributed by atoms with E-state index in [-0.39, 0.29) is 0 Å². The highest BCUT2D eigenvalue weighted by atomic mass is 15.2. The number of allylic oxidation sites excluding steroid dienone is 4. The van der Waals surface area contributed by atoms with Gasteiger partial charge in [-0.1, -0.05) is 113 Å². The topological polar surface area (TPSA) is 6.48 Å². The summed E-state index contributed by atoms with van der Waals surface area (Å²) in [4.78, 5) is 4.35. The van der Waals surface area contributed by atoms with Crippen LogP contribution in [0.4, 0.5) is 22.7 Å². The largest absolute Gasteiger partial charge is 0.310 e. The second kappa shape index (κ2) is 12.5. The van der Waals surface area contributed by atoms with Gasteiger partial charge in [0.1, 0.15) is 0 Å². The second-order valence-electron chi connectivity index (χ2n) is 11.4. The van der Waals surface area contributed by atoms with Crippen LogP contribution in [0.25, 0.3) is 34.7 Å². The van der Waals surface area contributed by atoms with Gasteiger partial charge in [0.25, 0.3) is 0 Å². The summed E-state index contributed by atoms with van der Waals surface area (Å²) in [5, 5.41) is 6.04. The molecule has 2 heteroatoms. The van der Waals surface area contributed by atoms with Gasteiger partial charge in [-0.3, -0.25) is 0 Å².